The van der Waals surface area contributed by atoms with Gasteiger partial charge in [-0.3, -0.25) is 0 Å². The van der Waals surface area contributed by atoms with Crippen LogP contribution in [-0.2, 0) is 4.75 Å². The SMILES string of the molecule is C=C/C=C(\C=C)C1CC(CC)(SC#N)c2cc(-c3cccc(N)c3)ccc2O1. The Morgan fingerprint density at radius 2 is 2.11 bits per heavy atom. The maximum Gasteiger partial charge on any atom is 0.134 e. The standard InChI is InChI=1S/C24H24N2OS/c1-4-8-17(5-2)23-15-24(6-3,28-16-25)21-14-19(11-12-22(21)27-23)18-9-7-10-20(26)13-18/h4-5,7-14,23H,1-2,6,15,26H2,3H3/b17-8+. The summed E-state index contributed by atoms with van der Waals surface area (Å²) in [6.07, 6.45) is 6.81. The summed E-state index contributed by atoms with van der Waals surface area (Å²) in [6.45, 7) is 9.82. The second-order valence-electron chi connectivity index (χ2n) is 6.79. The van der Waals surface area contributed by atoms with Gasteiger partial charge in [0.05, 0.1) is 4.75 Å². The Morgan fingerprint density at radius 3 is 2.75 bits per heavy atom. The third kappa shape index (κ3) is 3.72. The minimum absolute atomic E-state index is 0.165. The highest BCUT2D eigenvalue weighted by Gasteiger charge is 2.42. The second-order valence-corrected chi connectivity index (χ2v) is 7.96. The molecule has 1 heterocycles. The number of hydrogen-bond donors (Lipinski definition) is 1. The zero-order valence-electron chi connectivity index (χ0n) is 16.0. The van der Waals surface area contributed by atoms with Crippen molar-refractivity contribution >= 4 is 17.4 Å². The van der Waals surface area contributed by atoms with Crippen LogP contribution in [0, 0.1) is 10.7 Å². The average molecular weight is 389 g/mol. The average Bonchev–Trinajstić information content (AvgIpc) is 2.71. The number of rotatable bonds is 6. The third-order valence-electron chi connectivity index (χ3n) is 5.20. The van der Waals surface area contributed by atoms with Gasteiger partial charge in [0, 0.05) is 17.7 Å². The molecule has 3 rings (SSSR count). The number of allylic oxidation sites excluding steroid dienone is 2. The molecule has 0 spiro atoms. The molecule has 0 amide bonds. The number of thiocyanates is 1. The van der Waals surface area contributed by atoms with E-state index in [-0.39, 0.29) is 10.9 Å². The molecule has 0 radical (unpaired) electrons. The van der Waals surface area contributed by atoms with Crippen LogP contribution in [0.1, 0.15) is 25.3 Å². The number of anilines is 1. The van der Waals surface area contributed by atoms with E-state index in [9.17, 15) is 5.26 Å². The molecule has 2 N–H and O–H groups in total. The van der Waals surface area contributed by atoms with Crippen molar-refractivity contribution in [3.63, 3.8) is 0 Å². The van der Waals surface area contributed by atoms with Gasteiger partial charge in [-0.25, -0.2) is 0 Å². The fourth-order valence-corrected chi connectivity index (χ4v) is 4.53. The summed E-state index contributed by atoms with van der Waals surface area (Å²) in [5.74, 6) is 0.810. The predicted octanol–water partition coefficient (Wildman–Crippen LogP) is 6.20. The Labute approximate surface area is 171 Å². The van der Waals surface area contributed by atoms with Gasteiger partial charge in [0.15, 0.2) is 0 Å². The van der Waals surface area contributed by atoms with E-state index >= 15 is 0 Å². The quantitative estimate of drug-likeness (QED) is 0.363. The molecule has 0 fully saturated rings. The van der Waals surface area contributed by atoms with E-state index in [0.717, 1.165) is 40.1 Å². The van der Waals surface area contributed by atoms with Crippen LogP contribution in [0.4, 0.5) is 5.69 Å². The fourth-order valence-electron chi connectivity index (χ4n) is 3.71. The number of fused-ring (bicyclic) bond motifs is 1. The van der Waals surface area contributed by atoms with E-state index in [2.05, 4.69) is 31.5 Å². The molecule has 2 unspecified atom stereocenters. The monoisotopic (exact) mass is 388 g/mol. The van der Waals surface area contributed by atoms with Crippen LogP contribution in [0.15, 0.2) is 79.4 Å². The highest BCUT2D eigenvalue weighted by Crippen LogP contribution is 2.52. The number of nitrogen functional groups attached to an aromatic ring is 1. The zero-order chi connectivity index (χ0) is 20.1. The van der Waals surface area contributed by atoms with Gasteiger partial charge in [0.25, 0.3) is 0 Å². The van der Waals surface area contributed by atoms with Crippen LogP contribution in [0.5, 0.6) is 5.75 Å². The maximum absolute atomic E-state index is 9.55. The Morgan fingerprint density at radius 1 is 1.32 bits per heavy atom. The normalized spacial score (nSPS) is 21.1. The first-order valence-electron chi connectivity index (χ1n) is 9.26. The lowest BCUT2D eigenvalue weighted by Crippen LogP contribution is -2.36. The van der Waals surface area contributed by atoms with Gasteiger partial charge < -0.3 is 10.5 Å². The van der Waals surface area contributed by atoms with Crippen LogP contribution in [0.3, 0.4) is 0 Å². The Hall–Kier alpha value is -2.90. The number of hydrogen-bond acceptors (Lipinski definition) is 4. The lowest BCUT2D eigenvalue weighted by atomic mass is 9.83. The topological polar surface area (TPSA) is 59.0 Å². The maximum atomic E-state index is 9.55. The molecule has 2 aromatic rings. The number of thioether (sulfide) groups is 1. The number of nitrogens with zero attached hydrogens (tertiary/aromatic N) is 1. The van der Waals surface area contributed by atoms with Crippen molar-refractivity contribution in [1.29, 1.82) is 5.26 Å². The lowest BCUT2D eigenvalue weighted by molar-refractivity contribution is 0.182. The van der Waals surface area contributed by atoms with Crippen molar-refractivity contribution in [3.8, 4) is 22.3 Å². The minimum Gasteiger partial charge on any atom is -0.485 e. The van der Waals surface area contributed by atoms with E-state index in [1.807, 2.05) is 42.5 Å². The van der Waals surface area contributed by atoms with E-state index in [1.165, 1.54) is 11.8 Å². The predicted molar refractivity (Wildman–Crippen MR) is 119 cm³/mol. The molecule has 0 aromatic heterocycles. The van der Waals surface area contributed by atoms with Crippen molar-refractivity contribution in [2.45, 2.75) is 30.6 Å². The van der Waals surface area contributed by atoms with Gasteiger partial charge in [-0.2, -0.15) is 5.26 Å². The van der Waals surface area contributed by atoms with Crippen LogP contribution in [0.25, 0.3) is 11.1 Å². The zero-order valence-corrected chi connectivity index (χ0v) is 16.8. The van der Waals surface area contributed by atoms with Gasteiger partial charge >= 0.3 is 0 Å². The molecular weight excluding hydrogens is 364 g/mol. The third-order valence-corrected chi connectivity index (χ3v) is 6.36. The summed E-state index contributed by atoms with van der Waals surface area (Å²) in [7, 11) is 0. The first-order chi connectivity index (χ1) is 13.6. The van der Waals surface area contributed by atoms with Gasteiger partial charge in [-0.1, -0.05) is 56.5 Å². The van der Waals surface area contributed by atoms with E-state index < -0.39 is 0 Å². The smallest absolute Gasteiger partial charge is 0.134 e. The van der Waals surface area contributed by atoms with Gasteiger partial charge in [-0.15, -0.1) is 0 Å². The van der Waals surface area contributed by atoms with Crippen molar-refractivity contribution < 1.29 is 4.74 Å². The molecule has 142 valence electrons. The Bertz CT molecular complexity index is 973. The van der Waals surface area contributed by atoms with Crippen molar-refractivity contribution in [1.82, 2.24) is 0 Å². The number of nitriles is 1. The van der Waals surface area contributed by atoms with Gasteiger partial charge in [0.1, 0.15) is 17.3 Å². The molecular formula is C24H24N2OS. The molecule has 0 saturated heterocycles. The van der Waals surface area contributed by atoms with Crippen LogP contribution < -0.4 is 10.5 Å². The molecule has 3 nitrogen and oxygen atoms in total. The van der Waals surface area contributed by atoms with E-state index in [4.69, 9.17) is 10.5 Å². The number of nitrogens with two attached hydrogens (primary N) is 1. The fraction of sp³-hybridized carbons (Fsp3) is 0.208. The first-order valence-corrected chi connectivity index (χ1v) is 10.1. The summed E-state index contributed by atoms with van der Waals surface area (Å²) < 4.78 is 5.97. The Kier molecular flexibility index (Phi) is 5.96. The lowest BCUT2D eigenvalue weighted by Gasteiger charge is -2.40. The minimum atomic E-state index is -0.355. The van der Waals surface area contributed by atoms with Crippen molar-refractivity contribution in [3.05, 3.63) is 85.0 Å². The van der Waals surface area contributed by atoms with Crippen molar-refractivity contribution in [2.75, 3.05) is 5.73 Å². The highest BCUT2D eigenvalue weighted by atomic mass is 32.2. The van der Waals surface area contributed by atoms with Crippen molar-refractivity contribution in [2.24, 2.45) is 0 Å². The van der Waals surface area contributed by atoms with Gasteiger partial charge in [-0.05, 0) is 59.1 Å². The van der Waals surface area contributed by atoms with Gasteiger partial charge in [0.2, 0.25) is 0 Å². The van der Waals surface area contributed by atoms with E-state index in [1.54, 1.807) is 12.2 Å². The van der Waals surface area contributed by atoms with E-state index in [0.29, 0.717) is 6.42 Å². The second kappa shape index (κ2) is 8.41. The molecule has 0 bridgehead atoms. The molecule has 4 heteroatoms. The summed E-state index contributed by atoms with van der Waals surface area (Å²) >= 11 is 1.31. The number of benzene rings is 2. The highest BCUT2D eigenvalue weighted by molar-refractivity contribution is 8.04. The molecule has 1 aliphatic rings. The molecule has 0 saturated carbocycles. The molecule has 1 aliphatic heterocycles. The molecule has 2 atom stereocenters. The van der Waals surface area contributed by atoms with Crippen LogP contribution in [0.2, 0.25) is 0 Å². The van der Waals surface area contributed by atoms with Crippen LogP contribution >= 0.6 is 11.8 Å². The molecule has 28 heavy (non-hydrogen) atoms. The van der Waals surface area contributed by atoms with Crippen LogP contribution in [-0.4, -0.2) is 6.10 Å². The summed E-state index contributed by atoms with van der Waals surface area (Å²) in [5.41, 5.74) is 10.8. The summed E-state index contributed by atoms with van der Waals surface area (Å²) in [4.78, 5) is 0. The first kappa shape index (κ1) is 19.9. The summed E-state index contributed by atoms with van der Waals surface area (Å²) in [5, 5.41) is 11.9. The molecule has 0 aliphatic carbocycles. The number of ether oxygens (including phenoxy) is 1. The Balaban J connectivity index is 2.13. The largest absolute Gasteiger partial charge is 0.485 e. The summed E-state index contributed by atoms with van der Waals surface area (Å²) in [6, 6.07) is 14.0. The molecule has 2 aromatic carbocycles.